The monoisotopic (exact) mass is 310 g/mol. The average Bonchev–Trinajstić information content (AvgIpc) is 2.64. The van der Waals surface area contributed by atoms with E-state index in [4.69, 9.17) is 23.2 Å². The lowest BCUT2D eigenvalue weighted by atomic mass is 9.98. The van der Waals surface area contributed by atoms with Gasteiger partial charge < -0.3 is 0 Å². The molecule has 1 aliphatic rings. The Morgan fingerprint density at radius 2 is 2.17 bits per heavy atom. The smallest absolute Gasteiger partial charge is 0.150 e. The number of hydrogen-bond acceptors (Lipinski definition) is 2. The van der Waals surface area contributed by atoms with E-state index in [0.717, 1.165) is 0 Å². The van der Waals surface area contributed by atoms with Crippen molar-refractivity contribution in [1.29, 1.82) is 0 Å². The van der Waals surface area contributed by atoms with Crippen molar-refractivity contribution in [3.63, 3.8) is 0 Å². The van der Waals surface area contributed by atoms with Crippen LogP contribution in [-0.2, 0) is 16.3 Å². The molecule has 0 aromatic heterocycles. The Hall–Kier alpha value is -0.320. The van der Waals surface area contributed by atoms with Gasteiger partial charge in [0.2, 0.25) is 0 Å². The predicted molar refractivity (Wildman–Crippen MR) is 71.5 cm³/mol. The van der Waals surface area contributed by atoms with Gasteiger partial charge in [-0.2, -0.15) is 0 Å². The Bertz CT molecular complexity index is 525. The Labute approximate surface area is 116 Å². The summed E-state index contributed by atoms with van der Waals surface area (Å²) < 4.78 is 36.3. The number of alkyl halides is 1. The molecule has 18 heavy (non-hydrogen) atoms. The lowest BCUT2D eigenvalue weighted by Crippen LogP contribution is -2.19. The lowest BCUT2D eigenvalue weighted by Gasteiger charge is -2.16. The third-order valence-corrected chi connectivity index (χ3v) is 5.90. The number of benzene rings is 1. The van der Waals surface area contributed by atoms with Gasteiger partial charge in [-0.15, -0.1) is 11.6 Å². The van der Waals surface area contributed by atoms with E-state index >= 15 is 0 Å². The SMILES string of the molecule is O=S1(=O)CCC(C(Cl)Cc2c(F)cccc2Cl)C1. The minimum Gasteiger partial charge on any atom is -0.229 e. The topological polar surface area (TPSA) is 34.1 Å². The lowest BCUT2D eigenvalue weighted by molar-refractivity contribution is 0.535. The summed E-state index contributed by atoms with van der Waals surface area (Å²) in [7, 11) is -2.96. The maximum absolute atomic E-state index is 13.6. The fourth-order valence-corrected chi connectivity index (χ4v) is 4.79. The van der Waals surface area contributed by atoms with Crippen LogP contribution in [0.2, 0.25) is 5.02 Å². The van der Waals surface area contributed by atoms with Crippen molar-refractivity contribution in [1.82, 2.24) is 0 Å². The molecule has 0 radical (unpaired) electrons. The van der Waals surface area contributed by atoms with Gasteiger partial charge in [-0.25, -0.2) is 12.8 Å². The first-order valence-electron chi connectivity index (χ1n) is 5.66. The number of rotatable bonds is 3. The summed E-state index contributed by atoms with van der Waals surface area (Å²) in [6.45, 7) is 0. The van der Waals surface area contributed by atoms with E-state index in [1.807, 2.05) is 0 Å². The fraction of sp³-hybridized carbons (Fsp3) is 0.500. The highest BCUT2D eigenvalue weighted by molar-refractivity contribution is 7.91. The minimum absolute atomic E-state index is 0.0905. The molecule has 0 N–H and O–H groups in total. The standard InChI is InChI=1S/C12H13Cl2FO2S/c13-10-2-1-3-12(15)9(10)6-11(14)8-4-5-18(16,17)7-8/h1-3,8,11H,4-7H2. The second-order valence-electron chi connectivity index (χ2n) is 4.58. The molecule has 2 unspecified atom stereocenters. The third-order valence-electron chi connectivity index (χ3n) is 3.24. The van der Waals surface area contributed by atoms with Crippen LogP contribution in [0.25, 0.3) is 0 Å². The van der Waals surface area contributed by atoms with E-state index < -0.39 is 21.0 Å². The molecule has 0 spiro atoms. The zero-order valence-electron chi connectivity index (χ0n) is 9.57. The summed E-state index contributed by atoms with van der Waals surface area (Å²) in [5, 5.41) is -0.0711. The molecule has 0 aliphatic carbocycles. The summed E-state index contributed by atoms with van der Waals surface area (Å²) in [4.78, 5) is 0. The first-order valence-corrected chi connectivity index (χ1v) is 8.30. The zero-order valence-corrected chi connectivity index (χ0v) is 11.9. The van der Waals surface area contributed by atoms with Crippen LogP contribution in [0.3, 0.4) is 0 Å². The molecule has 0 saturated carbocycles. The maximum Gasteiger partial charge on any atom is 0.150 e. The summed E-state index contributed by atoms with van der Waals surface area (Å²) in [5.41, 5.74) is 0.364. The quantitative estimate of drug-likeness (QED) is 0.804. The van der Waals surface area contributed by atoms with Gasteiger partial charge in [0, 0.05) is 16.0 Å². The van der Waals surface area contributed by atoms with Crippen molar-refractivity contribution in [3.05, 3.63) is 34.6 Å². The van der Waals surface area contributed by atoms with E-state index in [2.05, 4.69) is 0 Å². The third kappa shape index (κ3) is 3.16. The molecule has 0 bridgehead atoms. The van der Waals surface area contributed by atoms with E-state index in [9.17, 15) is 12.8 Å². The van der Waals surface area contributed by atoms with Crippen LogP contribution in [0, 0.1) is 11.7 Å². The first-order chi connectivity index (χ1) is 8.39. The highest BCUT2D eigenvalue weighted by Crippen LogP contribution is 2.30. The second-order valence-corrected chi connectivity index (χ2v) is 7.78. The van der Waals surface area contributed by atoms with Gasteiger partial charge >= 0.3 is 0 Å². The van der Waals surface area contributed by atoms with E-state index in [-0.39, 0.29) is 23.8 Å². The molecular formula is C12H13Cl2FO2S. The number of hydrogen-bond donors (Lipinski definition) is 0. The summed E-state index contributed by atoms with van der Waals surface area (Å²) >= 11 is 12.1. The molecular weight excluding hydrogens is 298 g/mol. The Balaban J connectivity index is 2.10. The molecule has 1 fully saturated rings. The van der Waals surface area contributed by atoms with Crippen LogP contribution in [0.1, 0.15) is 12.0 Å². The van der Waals surface area contributed by atoms with Gasteiger partial charge in [-0.3, -0.25) is 0 Å². The molecule has 2 nitrogen and oxygen atoms in total. The molecule has 1 saturated heterocycles. The van der Waals surface area contributed by atoms with Gasteiger partial charge in [0.15, 0.2) is 9.84 Å². The largest absolute Gasteiger partial charge is 0.229 e. The van der Waals surface area contributed by atoms with Crippen LogP contribution in [0.4, 0.5) is 4.39 Å². The average molecular weight is 311 g/mol. The number of halogens is 3. The van der Waals surface area contributed by atoms with E-state index in [0.29, 0.717) is 17.0 Å². The normalized spacial score (nSPS) is 24.1. The van der Waals surface area contributed by atoms with Crippen LogP contribution >= 0.6 is 23.2 Å². The van der Waals surface area contributed by atoms with Crippen LogP contribution in [-0.4, -0.2) is 25.3 Å². The molecule has 0 amide bonds. The molecule has 1 aromatic rings. The Kier molecular flexibility index (Phi) is 4.19. The van der Waals surface area contributed by atoms with Gasteiger partial charge in [0.1, 0.15) is 5.82 Å². The molecule has 2 atom stereocenters. The summed E-state index contributed by atoms with van der Waals surface area (Å²) in [6, 6.07) is 4.47. The molecule has 1 aromatic carbocycles. The Morgan fingerprint density at radius 3 is 2.72 bits per heavy atom. The summed E-state index contributed by atoms with van der Waals surface area (Å²) in [6.07, 6.45) is 0.801. The van der Waals surface area contributed by atoms with Crippen molar-refractivity contribution in [2.75, 3.05) is 11.5 Å². The highest BCUT2D eigenvalue weighted by Gasteiger charge is 2.33. The van der Waals surface area contributed by atoms with Crippen molar-refractivity contribution in [2.45, 2.75) is 18.2 Å². The Morgan fingerprint density at radius 1 is 1.44 bits per heavy atom. The fourth-order valence-electron chi connectivity index (χ4n) is 2.20. The molecule has 1 heterocycles. The molecule has 6 heteroatoms. The van der Waals surface area contributed by atoms with Crippen molar-refractivity contribution < 1.29 is 12.8 Å². The van der Waals surface area contributed by atoms with Crippen molar-refractivity contribution in [3.8, 4) is 0 Å². The van der Waals surface area contributed by atoms with Crippen LogP contribution < -0.4 is 0 Å². The van der Waals surface area contributed by atoms with Crippen LogP contribution in [0.15, 0.2) is 18.2 Å². The van der Waals surface area contributed by atoms with Gasteiger partial charge in [-0.05, 0) is 30.9 Å². The summed E-state index contributed by atoms with van der Waals surface area (Å²) in [5.74, 6) is -0.250. The maximum atomic E-state index is 13.6. The zero-order chi connectivity index (χ0) is 13.3. The molecule has 1 aliphatic heterocycles. The first kappa shape index (κ1) is 14.1. The van der Waals surface area contributed by atoms with E-state index in [1.165, 1.54) is 12.1 Å². The van der Waals surface area contributed by atoms with Crippen molar-refractivity contribution in [2.24, 2.45) is 5.92 Å². The molecule has 100 valence electrons. The van der Waals surface area contributed by atoms with Gasteiger partial charge in [0.25, 0.3) is 0 Å². The van der Waals surface area contributed by atoms with Gasteiger partial charge in [0.05, 0.1) is 11.5 Å². The molecule has 2 rings (SSSR count). The van der Waals surface area contributed by atoms with Gasteiger partial charge in [-0.1, -0.05) is 17.7 Å². The number of sulfone groups is 1. The van der Waals surface area contributed by atoms with E-state index in [1.54, 1.807) is 6.07 Å². The second kappa shape index (κ2) is 5.35. The predicted octanol–water partition coefficient (Wildman–Crippen LogP) is 3.06. The van der Waals surface area contributed by atoms with Crippen molar-refractivity contribution >= 4 is 33.0 Å². The minimum atomic E-state index is -2.96. The highest BCUT2D eigenvalue weighted by atomic mass is 35.5. The van der Waals surface area contributed by atoms with Crippen LogP contribution in [0.5, 0.6) is 0 Å².